The summed E-state index contributed by atoms with van der Waals surface area (Å²) in [6, 6.07) is 4.10. The van der Waals surface area contributed by atoms with Crippen LogP contribution in [0.4, 0.5) is 5.95 Å². The van der Waals surface area contributed by atoms with E-state index < -0.39 is 0 Å². The minimum Gasteiger partial charge on any atom is -0.351 e. The molecule has 4 aromatic rings. The van der Waals surface area contributed by atoms with Crippen LogP contribution >= 0.6 is 0 Å². The standard InChI is InChI=1S/C21H24N8O/c1-13(30)28-21(2)7-3-14(4-8-21)25-20-23-12-16-15(11-22-19(16)27-20)17-6-10-29-18(26-17)5-9-24-29/h5-6,9-12,14H,3-4,7-8H2,1-2H3,(H,28,30)(H2,22,23,25,27). The van der Waals surface area contributed by atoms with Gasteiger partial charge in [-0.1, -0.05) is 0 Å². The van der Waals surface area contributed by atoms with Crippen molar-refractivity contribution < 1.29 is 4.79 Å². The zero-order valence-electron chi connectivity index (χ0n) is 17.0. The van der Waals surface area contributed by atoms with E-state index in [0.29, 0.717) is 12.0 Å². The maximum absolute atomic E-state index is 11.4. The summed E-state index contributed by atoms with van der Waals surface area (Å²) < 4.78 is 1.73. The monoisotopic (exact) mass is 404 g/mol. The fourth-order valence-electron chi connectivity index (χ4n) is 4.28. The van der Waals surface area contributed by atoms with Gasteiger partial charge >= 0.3 is 0 Å². The smallest absolute Gasteiger partial charge is 0.224 e. The van der Waals surface area contributed by atoms with E-state index >= 15 is 0 Å². The van der Waals surface area contributed by atoms with Crippen molar-refractivity contribution in [2.75, 3.05) is 5.32 Å². The molecule has 0 aliphatic heterocycles. The fraction of sp³-hybridized carbons (Fsp3) is 0.381. The Morgan fingerprint density at radius 1 is 1.27 bits per heavy atom. The van der Waals surface area contributed by atoms with Gasteiger partial charge in [0.15, 0.2) is 5.65 Å². The Bertz CT molecular complexity index is 1220. The number of aromatic amines is 1. The Balaban J connectivity index is 1.32. The summed E-state index contributed by atoms with van der Waals surface area (Å²) in [5.41, 5.74) is 3.26. The number of fused-ring (bicyclic) bond motifs is 2. The van der Waals surface area contributed by atoms with Crippen LogP contribution in [0, 0.1) is 0 Å². The molecule has 0 bridgehead atoms. The Hall–Kier alpha value is -3.49. The average Bonchev–Trinajstić information content (AvgIpc) is 3.35. The first-order valence-electron chi connectivity index (χ1n) is 10.2. The van der Waals surface area contributed by atoms with Crippen LogP contribution in [-0.4, -0.2) is 47.0 Å². The summed E-state index contributed by atoms with van der Waals surface area (Å²) in [5, 5.41) is 11.6. The first kappa shape index (κ1) is 18.5. The van der Waals surface area contributed by atoms with Crippen molar-refractivity contribution in [1.82, 2.24) is 34.9 Å². The van der Waals surface area contributed by atoms with Gasteiger partial charge in [-0.2, -0.15) is 10.1 Å². The van der Waals surface area contributed by atoms with E-state index in [9.17, 15) is 4.79 Å². The molecule has 9 nitrogen and oxygen atoms in total. The predicted molar refractivity (Wildman–Crippen MR) is 114 cm³/mol. The van der Waals surface area contributed by atoms with Crippen LogP contribution in [0.25, 0.3) is 27.9 Å². The normalized spacial score (nSPS) is 21.7. The minimum absolute atomic E-state index is 0.0297. The molecule has 0 spiro atoms. The Labute approximate surface area is 173 Å². The molecule has 1 saturated carbocycles. The SMILES string of the molecule is CC(=O)NC1(C)CCC(Nc2ncc3c(-c4ccn5nccc5n4)c[nH]c3n2)CC1. The highest BCUT2D eigenvalue weighted by Gasteiger charge is 2.31. The van der Waals surface area contributed by atoms with Crippen LogP contribution in [0.15, 0.2) is 36.9 Å². The third-order valence-electron chi connectivity index (χ3n) is 5.87. The molecular formula is C21H24N8O. The summed E-state index contributed by atoms with van der Waals surface area (Å²) >= 11 is 0. The first-order chi connectivity index (χ1) is 14.5. The number of carbonyl (C=O) groups is 1. The fourth-order valence-corrected chi connectivity index (χ4v) is 4.28. The lowest BCUT2D eigenvalue weighted by molar-refractivity contribution is -0.121. The molecule has 1 fully saturated rings. The van der Waals surface area contributed by atoms with Gasteiger partial charge < -0.3 is 15.6 Å². The van der Waals surface area contributed by atoms with Gasteiger partial charge in [0.1, 0.15) is 5.65 Å². The van der Waals surface area contributed by atoms with E-state index in [1.165, 1.54) is 0 Å². The quantitative estimate of drug-likeness (QED) is 0.482. The zero-order valence-corrected chi connectivity index (χ0v) is 17.0. The maximum Gasteiger partial charge on any atom is 0.224 e. The topological polar surface area (TPSA) is 113 Å². The van der Waals surface area contributed by atoms with Gasteiger partial charge in [-0.3, -0.25) is 4.79 Å². The number of carbonyl (C=O) groups excluding carboxylic acids is 1. The van der Waals surface area contributed by atoms with Crippen molar-refractivity contribution in [1.29, 1.82) is 0 Å². The molecule has 1 aliphatic carbocycles. The van der Waals surface area contributed by atoms with Crippen LogP contribution in [0.5, 0.6) is 0 Å². The molecule has 0 atom stereocenters. The van der Waals surface area contributed by atoms with Crippen LogP contribution in [-0.2, 0) is 4.79 Å². The summed E-state index contributed by atoms with van der Waals surface area (Å²) in [6.07, 6.45) is 11.2. The molecule has 1 aliphatic rings. The summed E-state index contributed by atoms with van der Waals surface area (Å²) in [5.74, 6) is 0.644. The van der Waals surface area contributed by atoms with E-state index in [1.807, 2.05) is 30.7 Å². The summed E-state index contributed by atoms with van der Waals surface area (Å²) in [7, 11) is 0. The van der Waals surface area contributed by atoms with Crippen molar-refractivity contribution in [3.05, 3.63) is 36.9 Å². The Kier molecular flexibility index (Phi) is 4.38. The van der Waals surface area contributed by atoms with Crippen LogP contribution in [0.3, 0.4) is 0 Å². The third kappa shape index (κ3) is 3.47. The lowest BCUT2D eigenvalue weighted by Crippen LogP contribution is -2.49. The van der Waals surface area contributed by atoms with Gasteiger partial charge in [-0.05, 0) is 38.7 Å². The zero-order chi connectivity index (χ0) is 20.7. The summed E-state index contributed by atoms with van der Waals surface area (Å²) in [6.45, 7) is 3.69. The number of aromatic nitrogens is 6. The number of hydrogen-bond donors (Lipinski definition) is 3. The number of H-pyrrole nitrogens is 1. The molecule has 4 heterocycles. The van der Waals surface area contributed by atoms with Gasteiger partial charge in [0, 0.05) is 54.1 Å². The second kappa shape index (κ2) is 7.08. The van der Waals surface area contributed by atoms with Gasteiger partial charge in [0.05, 0.1) is 11.9 Å². The molecule has 154 valence electrons. The molecule has 30 heavy (non-hydrogen) atoms. The van der Waals surface area contributed by atoms with Gasteiger partial charge in [0.25, 0.3) is 0 Å². The largest absolute Gasteiger partial charge is 0.351 e. The van der Waals surface area contributed by atoms with Crippen LogP contribution < -0.4 is 10.6 Å². The van der Waals surface area contributed by atoms with Gasteiger partial charge in [-0.25, -0.2) is 14.5 Å². The van der Waals surface area contributed by atoms with E-state index in [1.54, 1.807) is 17.6 Å². The van der Waals surface area contributed by atoms with Crippen molar-refractivity contribution >= 4 is 28.5 Å². The first-order valence-corrected chi connectivity index (χ1v) is 10.2. The van der Waals surface area contributed by atoms with E-state index in [2.05, 4.69) is 42.6 Å². The third-order valence-corrected chi connectivity index (χ3v) is 5.87. The van der Waals surface area contributed by atoms with Gasteiger partial charge in [-0.15, -0.1) is 0 Å². The van der Waals surface area contributed by atoms with Crippen molar-refractivity contribution in [2.24, 2.45) is 0 Å². The second-order valence-corrected chi connectivity index (χ2v) is 8.27. The number of nitrogens with one attached hydrogen (secondary N) is 3. The number of hydrogen-bond acceptors (Lipinski definition) is 6. The molecular weight excluding hydrogens is 380 g/mol. The molecule has 5 rings (SSSR count). The summed E-state index contributed by atoms with van der Waals surface area (Å²) in [4.78, 5) is 28.5. The highest BCUT2D eigenvalue weighted by atomic mass is 16.1. The van der Waals surface area contributed by atoms with E-state index in [4.69, 9.17) is 0 Å². The maximum atomic E-state index is 11.4. The van der Waals surface area contributed by atoms with Crippen LogP contribution in [0.2, 0.25) is 0 Å². The van der Waals surface area contributed by atoms with E-state index in [0.717, 1.165) is 53.6 Å². The number of anilines is 1. The predicted octanol–water partition coefficient (Wildman–Crippen LogP) is 2.92. The lowest BCUT2D eigenvalue weighted by Gasteiger charge is -2.38. The number of rotatable bonds is 4. The minimum atomic E-state index is -0.118. The number of nitrogens with zero attached hydrogens (tertiary/aromatic N) is 5. The van der Waals surface area contributed by atoms with Crippen molar-refractivity contribution in [3.63, 3.8) is 0 Å². The van der Waals surface area contributed by atoms with Crippen molar-refractivity contribution in [2.45, 2.75) is 51.1 Å². The molecule has 0 radical (unpaired) electrons. The molecule has 0 aromatic carbocycles. The Morgan fingerprint density at radius 2 is 2.10 bits per heavy atom. The highest BCUT2D eigenvalue weighted by Crippen LogP contribution is 2.30. The molecule has 0 saturated heterocycles. The second-order valence-electron chi connectivity index (χ2n) is 8.27. The highest BCUT2D eigenvalue weighted by molar-refractivity contribution is 5.92. The lowest BCUT2D eigenvalue weighted by atomic mass is 9.81. The van der Waals surface area contributed by atoms with E-state index in [-0.39, 0.29) is 11.4 Å². The molecule has 0 unspecified atom stereocenters. The van der Waals surface area contributed by atoms with Crippen molar-refractivity contribution in [3.8, 4) is 11.3 Å². The van der Waals surface area contributed by atoms with Gasteiger partial charge in [0.2, 0.25) is 11.9 Å². The molecule has 9 heteroatoms. The Morgan fingerprint density at radius 3 is 2.90 bits per heavy atom. The molecule has 4 aromatic heterocycles. The number of amides is 1. The average molecular weight is 404 g/mol. The molecule has 1 amide bonds. The van der Waals surface area contributed by atoms with Crippen LogP contribution in [0.1, 0.15) is 39.5 Å². The molecule has 3 N–H and O–H groups in total.